The summed E-state index contributed by atoms with van der Waals surface area (Å²) in [5, 5.41) is 5.00. The third-order valence-electron chi connectivity index (χ3n) is 5.43. The zero-order chi connectivity index (χ0) is 20.7. The fourth-order valence-electron chi connectivity index (χ4n) is 4.07. The summed E-state index contributed by atoms with van der Waals surface area (Å²) in [6.45, 7) is 0. The van der Waals surface area contributed by atoms with E-state index < -0.39 is 18.8 Å². The minimum atomic E-state index is -3.56. The van der Waals surface area contributed by atoms with Gasteiger partial charge in [0.1, 0.15) is 11.6 Å². The van der Waals surface area contributed by atoms with Gasteiger partial charge in [0.25, 0.3) is 0 Å². The van der Waals surface area contributed by atoms with E-state index in [1.54, 1.807) is 24.3 Å². The van der Waals surface area contributed by atoms with Crippen LogP contribution >= 0.6 is 7.14 Å². The highest BCUT2D eigenvalue weighted by Gasteiger charge is 2.32. The Kier molecular flexibility index (Phi) is 4.49. The van der Waals surface area contributed by atoms with Crippen molar-refractivity contribution in [2.75, 3.05) is 0 Å². The van der Waals surface area contributed by atoms with E-state index >= 15 is 0 Å². The lowest BCUT2D eigenvalue weighted by molar-refractivity contribution is 0.591. The lowest BCUT2D eigenvalue weighted by Gasteiger charge is -2.23. The molecule has 0 saturated heterocycles. The van der Waals surface area contributed by atoms with Gasteiger partial charge in [0.05, 0.1) is 0 Å². The van der Waals surface area contributed by atoms with Gasteiger partial charge in [-0.25, -0.2) is 8.78 Å². The molecule has 5 rings (SSSR count). The highest BCUT2D eigenvalue weighted by atomic mass is 31.2. The molecule has 5 aromatic carbocycles. The molecule has 0 aliphatic carbocycles. The van der Waals surface area contributed by atoms with E-state index in [0.717, 1.165) is 21.5 Å². The molecular weight excluding hydrogens is 397 g/mol. The van der Waals surface area contributed by atoms with Crippen molar-refractivity contribution in [3.63, 3.8) is 0 Å². The van der Waals surface area contributed by atoms with Gasteiger partial charge in [-0.05, 0) is 51.9 Å². The van der Waals surface area contributed by atoms with Crippen molar-refractivity contribution < 1.29 is 13.3 Å². The summed E-state index contributed by atoms with van der Waals surface area (Å²) in [6.07, 6.45) is 0. The first-order chi connectivity index (χ1) is 14.6. The van der Waals surface area contributed by atoms with Crippen molar-refractivity contribution in [1.82, 2.24) is 0 Å². The summed E-state index contributed by atoms with van der Waals surface area (Å²) in [6, 6.07) is 29.1. The van der Waals surface area contributed by atoms with Gasteiger partial charge in [0.2, 0.25) is 0 Å². The molecule has 0 aromatic heterocycles. The van der Waals surface area contributed by atoms with Crippen LogP contribution in [0, 0.1) is 11.6 Å². The van der Waals surface area contributed by atoms with Crippen LogP contribution in [-0.2, 0) is 4.57 Å². The van der Waals surface area contributed by atoms with Crippen molar-refractivity contribution in [2.24, 2.45) is 0 Å². The third-order valence-corrected chi connectivity index (χ3v) is 8.49. The number of halogens is 2. The van der Waals surface area contributed by atoms with Gasteiger partial charge in [0, 0.05) is 15.9 Å². The zero-order valence-corrected chi connectivity index (χ0v) is 16.8. The lowest BCUT2D eigenvalue weighted by atomic mass is 10.0. The Balaban J connectivity index is 1.96. The van der Waals surface area contributed by atoms with E-state index in [4.69, 9.17) is 0 Å². The fourth-order valence-corrected chi connectivity index (χ4v) is 6.98. The van der Waals surface area contributed by atoms with Gasteiger partial charge in [-0.1, -0.05) is 72.8 Å². The van der Waals surface area contributed by atoms with Crippen LogP contribution in [0.2, 0.25) is 0 Å². The van der Waals surface area contributed by atoms with Gasteiger partial charge in [-0.15, -0.1) is 0 Å². The van der Waals surface area contributed by atoms with Crippen LogP contribution < -0.4 is 15.9 Å². The van der Waals surface area contributed by atoms with Crippen LogP contribution in [0.5, 0.6) is 0 Å². The third kappa shape index (κ3) is 2.94. The molecule has 0 atom stereocenters. The molecule has 4 heteroatoms. The second kappa shape index (κ2) is 7.19. The predicted molar refractivity (Wildman–Crippen MR) is 121 cm³/mol. The summed E-state index contributed by atoms with van der Waals surface area (Å²) in [5.74, 6) is -0.955. The van der Waals surface area contributed by atoms with Gasteiger partial charge in [-0.2, -0.15) is 0 Å². The molecule has 0 aliphatic rings. The summed E-state index contributed by atoms with van der Waals surface area (Å²) < 4.78 is 43.2. The predicted octanol–water partition coefficient (Wildman–Crippen LogP) is 5.91. The Morgan fingerprint density at radius 1 is 0.533 bits per heavy atom. The standard InChI is InChI=1S/C26H17F2OP/c27-19-8-5-10-21(16-19)30(29,22-11-6-9-20(28)17-22)26-15-18-7-1-2-12-23(18)24-13-3-4-14-25(24)26/h1-17H. The van der Waals surface area contributed by atoms with Crippen LogP contribution in [0.3, 0.4) is 0 Å². The van der Waals surface area contributed by atoms with Crippen LogP contribution in [-0.4, -0.2) is 0 Å². The molecular formula is C26H17F2OP. The maximum atomic E-state index is 14.8. The molecule has 0 unspecified atom stereocenters. The second-order valence-electron chi connectivity index (χ2n) is 7.23. The molecule has 0 heterocycles. The zero-order valence-electron chi connectivity index (χ0n) is 15.9. The van der Waals surface area contributed by atoms with E-state index in [1.165, 1.54) is 24.3 Å². The van der Waals surface area contributed by atoms with E-state index in [2.05, 4.69) is 0 Å². The van der Waals surface area contributed by atoms with E-state index in [1.807, 2.05) is 54.6 Å². The molecule has 0 bridgehead atoms. The molecule has 0 radical (unpaired) electrons. The van der Waals surface area contributed by atoms with Gasteiger partial charge >= 0.3 is 0 Å². The monoisotopic (exact) mass is 414 g/mol. The highest BCUT2D eigenvalue weighted by Crippen LogP contribution is 2.45. The highest BCUT2D eigenvalue weighted by molar-refractivity contribution is 7.85. The first-order valence-corrected chi connectivity index (χ1v) is 11.3. The van der Waals surface area contributed by atoms with Crippen molar-refractivity contribution in [3.05, 3.63) is 115 Å². The average molecular weight is 414 g/mol. The fraction of sp³-hybridized carbons (Fsp3) is 0. The van der Waals surface area contributed by atoms with Gasteiger partial charge in [0.15, 0.2) is 7.14 Å². The SMILES string of the molecule is O=P(c1cccc(F)c1)(c1cccc(F)c1)c1cc2ccccc2c2ccccc12. The van der Waals surface area contributed by atoms with Crippen LogP contribution in [0.1, 0.15) is 0 Å². The molecule has 30 heavy (non-hydrogen) atoms. The Morgan fingerprint density at radius 2 is 1.07 bits per heavy atom. The van der Waals surface area contributed by atoms with E-state index in [9.17, 15) is 13.3 Å². The Labute approximate surface area is 173 Å². The van der Waals surface area contributed by atoms with Crippen LogP contribution in [0.4, 0.5) is 8.78 Å². The topological polar surface area (TPSA) is 17.1 Å². The molecule has 0 aliphatic heterocycles. The molecule has 146 valence electrons. The van der Waals surface area contributed by atoms with E-state index in [0.29, 0.717) is 15.9 Å². The summed E-state index contributed by atoms with van der Waals surface area (Å²) in [7, 11) is -3.56. The smallest absolute Gasteiger partial charge is 0.171 e. The summed E-state index contributed by atoms with van der Waals surface area (Å²) >= 11 is 0. The van der Waals surface area contributed by atoms with Crippen molar-refractivity contribution in [2.45, 2.75) is 0 Å². The van der Waals surface area contributed by atoms with E-state index in [-0.39, 0.29) is 0 Å². The number of rotatable bonds is 3. The van der Waals surface area contributed by atoms with Crippen molar-refractivity contribution in [1.29, 1.82) is 0 Å². The Bertz CT molecular complexity index is 1410. The van der Waals surface area contributed by atoms with Crippen molar-refractivity contribution in [3.8, 4) is 0 Å². The number of hydrogen-bond acceptors (Lipinski definition) is 1. The van der Waals surface area contributed by atoms with Crippen molar-refractivity contribution >= 4 is 44.6 Å². The molecule has 0 N–H and O–H groups in total. The second-order valence-corrected chi connectivity index (χ2v) is 9.96. The normalized spacial score (nSPS) is 11.8. The molecule has 0 spiro atoms. The molecule has 5 aromatic rings. The van der Waals surface area contributed by atoms with Crippen LogP contribution in [0.25, 0.3) is 21.5 Å². The average Bonchev–Trinajstić information content (AvgIpc) is 2.78. The minimum Gasteiger partial charge on any atom is -0.309 e. The Hall–Kier alpha value is -3.29. The number of benzene rings is 5. The largest absolute Gasteiger partial charge is 0.309 e. The number of fused-ring (bicyclic) bond motifs is 3. The maximum Gasteiger partial charge on any atom is 0.171 e. The van der Waals surface area contributed by atoms with Gasteiger partial charge < -0.3 is 4.57 Å². The Morgan fingerprint density at radius 3 is 1.67 bits per heavy atom. The lowest BCUT2D eigenvalue weighted by Crippen LogP contribution is -2.26. The summed E-state index contributed by atoms with van der Waals surface area (Å²) in [5.41, 5.74) is 0. The quantitative estimate of drug-likeness (QED) is 0.265. The molecule has 0 fully saturated rings. The molecule has 0 amide bonds. The first kappa shape index (κ1) is 18.7. The van der Waals surface area contributed by atoms with Crippen LogP contribution in [0.15, 0.2) is 103 Å². The molecule has 0 saturated carbocycles. The first-order valence-electron chi connectivity index (χ1n) is 9.61. The summed E-state index contributed by atoms with van der Waals surface area (Å²) in [4.78, 5) is 0. The number of hydrogen-bond donors (Lipinski definition) is 0. The minimum absolute atomic E-state index is 0.341. The molecule has 1 nitrogen and oxygen atoms in total. The maximum absolute atomic E-state index is 14.8. The van der Waals surface area contributed by atoms with Gasteiger partial charge in [-0.3, -0.25) is 0 Å².